The van der Waals surface area contributed by atoms with Crippen LogP contribution in [0.15, 0.2) is 41.3 Å². The van der Waals surface area contributed by atoms with Crippen LogP contribution < -0.4 is 4.90 Å². The summed E-state index contributed by atoms with van der Waals surface area (Å²) < 4.78 is 1.16. The summed E-state index contributed by atoms with van der Waals surface area (Å²) >= 11 is 3.21. The number of nitrogens with zero attached hydrogens (tertiary/aromatic N) is 3. The van der Waals surface area contributed by atoms with Gasteiger partial charge in [-0.3, -0.25) is 9.69 Å². The van der Waals surface area contributed by atoms with E-state index in [-0.39, 0.29) is 18.3 Å². The number of thiazole rings is 1. The van der Waals surface area contributed by atoms with Crippen LogP contribution in [-0.4, -0.2) is 49.2 Å². The molecule has 0 saturated heterocycles. The quantitative estimate of drug-likeness (QED) is 0.436. The molecule has 0 radical (unpaired) electrons. The highest BCUT2D eigenvalue weighted by atomic mass is 35.5. The maximum Gasteiger partial charge on any atom is 0.261 e. The molecule has 0 fully saturated rings. The number of anilines is 1. The van der Waals surface area contributed by atoms with E-state index in [1.807, 2.05) is 35.4 Å². The molecule has 0 spiro atoms. The molecule has 1 amide bonds. The lowest BCUT2D eigenvalue weighted by Gasteiger charge is -2.22. The van der Waals surface area contributed by atoms with Gasteiger partial charge in [-0.05, 0) is 76.5 Å². The minimum atomic E-state index is 0. The number of hydrogen-bond donors (Lipinski definition) is 0. The number of aromatic nitrogens is 1. The predicted octanol–water partition coefficient (Wildman–Crippen LogP) is 5.66. The second-order valence-electron chi connectivity index (χ2n) is 7.24. The fraction of sp³-hybridized carbons (Fsp3) is 0.364. The van der Waals surface area contributed by atoms with Crippen molar-refractivity contribution in [3.8, 4) is 0 Å². The van der Waals surface area contributed by atoms with Crippen LogP contribution in [0.1, 0.15) is 27.9 Å². The fourth-order valence-corrected chi connectivity index (χ4v) is 4.91. The maximum atomic E-state index is 13.5. The molecular weight excluding hydrogens is 422 g/mol. The minimum absolute atomic E-state index is 0. The zero-order chi connectivity index (χ0) is 20.3. The third-order valence-electron chi connectivity index (χ3n) is 4.61. The monoisotopic (exact) mass is 449 g/mol. The highest BCUT2D eigenvalue weighted by Crippen LogP contribution is 2.33. The number of thioether (sulfide) groups is 1. The first-order valence-corrected chi connectivity index (χ1v) is 11.4. The molecule has 7 heteroatoms. The minimum Gasteiger partial charge on any atom is -0.309 e. The number of carbonyl (C=O) groups excluding carboxylic acids is 1. The number of hydrogen-bond acceptors (Lipinski definition) is 5. The molecule has 0 atom stereocenters. The van der Waals surface area contributed by atoms with Crippen molar-refractivity contribution >= 4 is 56.8 Å². The van der Waals surface area contributed by atoms with Crippen LogP contribution in [0.2, 0.25) is 0 Å². The average molecular weight is 450 g/mol. The molecule has 0 aliphatic rings. The third-order valence-corrected chi connectivity index (χ3v) is 6.63. The van der Waals surface area contributed by atoms with Gasteiger partial charge in [-0.2, -0.15) is 0 Å². The molecular formula is C22H28ClN3OS2. The Morgan fingerprint density at radius 1 is 1.14 bits per heavy atom. The van der Waals surface area contributed by atoms with Crippen molar-refractivity contribution in [1.29, 1.82) is 0 Å². The normalized spacial score (nSPS) is 11.0. The Kier molecular flexibility index (Phi) is 8.52. The Hall–Kier alpha value is -1.60. The molecule has 4 nitrogen and oxygen atoms in total. The Bertz CT molecular complexity index is 987. The van der Waals surface area contributed by atoms with Gasteiger partial charge in [0.05, 0.1) is 15.8 Å². The molecule has 3 aromatic rings. The van der Waals surface area contributed by atoms with E-state index in [4.69, 9.17) is 4.98 Å². The van der Waals surface area contributed by atoms with Crippen molar-refractivity contribution < 1.29 is 4.79 Å². The number of rotatable bonds is 7. The van der Waals surface area contributed by atoms with E-state index in [0.717, 1.165) is 38.8 Å². The van der Waals surface area contributed by atoms with Gasteiger partial charge in [-0.25, -0.2) is 4.98 Å². The van der Waals surface area contributed by atoms with Gasteiger partial charge >= 0.3 is 0 Å². The first-order valence-electron chi connectivity index (χ1n) is 9.38. The largest absolute Gasteiger partial charge is 0.309 e. The van der Waals surface area contributed by atoms with Crippen LogP contribution in [0.25, 0.3) is 10.2 Å². The first kappa shape index (κ1) is 23.7. The molecule has 0 aliphatic heterocycles. The second-order valence-corrected chi connectivity index (χ2v) is 9.07. The molecule has 156 valence electrons. The van der Waals surface area contributed by atoms with Crippen molar-refractivity contribution in [3.63, 3.8) is 0 Å². The number of benzene rings is 2. The molecule has 2 aromatic carbocycles. The number of carbonyl (C=O) groups is 1. The summed E-state index contributed by atoms with van der Waals surface area (Å²) in [6.45, 7) is 5.77. The topological polar surface area (TPSA) is 36.4 Å². The number of amides is 1. The first-order chi connectivity index (χ1) is 13.4. The summed E-state index contributed by atoms with van der Waals surface area (Å²) in [7, 11) is 4.11. The molecule has 0 N–H and O–H groups in total. The van der Waals surface area contributed by atoms with Crippen LogP contribution >= 0.6 is 35.5 Å². The summed E-state index contributed by atoms with van der Waals surface area (Å²) in [5.74, 6) is 0.0251. The van der Waals surface area contributed by atoms with Gasteiger partial charge in [-0.1, -0.05) is 29.5 Å². The zero-order valence-electron chi connectivity index (χ0n) is 17.6. The van der Waals surface area contributed by atoms with Gasteiger partial charge in [-0.15, -0.1) is 24.2 Å². The van der Waals surface area contributed by atoms with Crippen molar-refractivity contribution in [2.45, 2.75) is 25.2 Å². The van der Waals surface area contributed by atoms with Crippen LogP contribution in [-0.2, 0) is 0 Å². The highest BCUT2D eigenvalue weighted by molar-refractivity contribution is 7.98. The Labute approximate surface area is 187 Å². The molecule has 3 rings (SSSR count). The summed E-state index contributed by atoms with van der Waals surface area (Å²) in [6.07, 6.45) is 2.90. The van der Waals surface area contributed by atoms with Crippen molar-refractivity contribution in [2.75, 3.05) is 38.3 Å². The lowest BCUT2D eigenvalue weighted by atomic mass is 10.1. The summed E-state index contributed by atoms with van der Waals surface area (Å²) in [5.41, 5.74) is 4.12. The number of fused-ring (bicyclic) bond motifs is 1. The van der Waals surface area contributed by atoms with Gasteiger partial charge < -0.3 is 4.90 Å². The lowest BCUT2D eigenvalue weighted by Crippen LogP contribution is -2.33. The van der Waals surface area contributed by atoms with Crippen LogP contribution in [0.3, 0.4) is 0 Å². The van der Waals surface area contributed by atoms with Gasteiger partial charge in [0, 0.05) is 11.4 Å². The van der Waals surface area contributed by atoms with E-state index in [1.165, 1.54) is 11.1 Å². The number of halogens is 1. The smallest absolute Gasteiger partial charge is 0.261 e. The van der Waals surface area contributed by atoms with E-state index >= 15 is 0 Å². The van der Waals surface area contributed by atoms with Crippen LogP contribution in [0.4, 0.5) is 5.13 Å². The van der Waals surface area contributed by atoms with Crippen molar-refractivity contribution in [1.82, 2.24) is 9.88 Å². The van der Waals surface area contributed by atoms with Crippen molar-refractivity contribution in [2.24, 2.45) is 0 Å². The van der Waals surface area contributed by atoms with Gasteiger partial charge in [0.15, 0.2) is 5.13 Å². The zero-order valence-corrected chi connectivity index (χ0v) is 20.0. The SMILES string of the molecule is CSc1ccccc1C(=O)N(CCCN(C)C)c1nc2cc(C)cc(C)c2s1.Cl. The molecule has 1 aromatic heterocycles. The van der Waals surface area contributed by atoms with Gasteiger partial charge in [0.2, 0.25) is 0 Å². The summed E-state index contributed by atoms with van der Waals surface area (Å²) in [5, 5.41) is 0.781. The van der Waals surface area contributed by atoms with Gasteiger partial charge in [0.1, 0.15) is 0 Å². The molecule has 0 unspecified atom stereocenters. The second kappa shape index (κ2) is 10.4. The Balaban J connectivity index is 0.00000300. The standard InChI is InChI=1S/C22H27N3OS2.ClH/c1-15-13-16(2)20-18(14-15)23-22(28-20)25(12-8-11-24(3)4)21(26)17-9-6-7-10-19(17)27-5;/h6-7,9-10,13-14H,8,11-12H2,1-5H3;1H. The highest BCUT2D eigenvalue weighted by Gasteiger charge is 2.23. The summed E-state index contributed by atoms with van der Waals surface area (Å²) in [4.78, 5) is 23.3. The van der Waals surface area contributed by atoms with E-state index < -0.39 is 0 Å². The van der Waals surface area contributed by atoms with E-state index in [1.54, 1.807) is 23.1 Å². The van der Waals surface area contributed by atoms with E-state index in [9.17, 15) is 4.79 Å². The molecule has 29 heavy (non-hydrogen) atoms. The van der Waals surface area contributed by atoms with Crippen LogP contribution in [0, 0.1) is 13.8 Å². The third kappa shape index (κ3) is 5.51. The van der Waals surface area contributed by atoms with Crippen molar-refractivity contribution in [3.05, 3.63) is 53.1 Å². The summed E-state index contributed by atoms with van der Waals surface area (Å²) in [6, 6.07) is 12.1. The van der Waals surface area contributed by atoms with E-state index in [2.05, 4.69) is 45.0 Å². The Morgan fingerprint density at radius 3 is 2.55 bits per heavy atom. The van der Waals surface area contributed by atoms with Crippen LogP contribution in [0.5, 0.6) is 0 Å². The Morgan fingerprint density at radius 2 is 1.86 bits per heavy atom. The molecule has 0 saturated carbocycles. The van der Waals surface area contributed by atoms with Gasteiger partial charge in [0.25, 0.3) is 5.91 Å². The molecule has 1 heterocycles. The van der Waals surface area contributed by atoms with E-state index in [0.29, 0.717) is 6.54 Å². The number of aryl methyl sites for hydroxylation is 2. The average Bonchev–Trinajstić information content (AvgIpc) is 3.08. The fourth-order valence-electron chi connectivity index (χ4n) is 3.28. The molecule has 0 bridgehead atoms. The predicted molar refractivity (Wildman–Crippen MR) is 129 cm³/mol. The maximum absolute atomic E-state index is 13.5. The molecule has 0 aliphatic carbocycles. The lowest BCUT2D eigenvalue weighted by molar-refractivity contribution is 0.0983.